The van der Waals surface area contributed by atoms with Crippen molar-refractivity contribution in [2.75, 3.05) is 6.54 Å². The number of para-hydroxylation sites is 1. The highest BCUT2D eigenvalue weighted by Crippen LogP contribution is 2.34. The Balaban J connectivity index is 2.01. The highest BCUT2D eigenvalue weighted by molar-refractivity contribution is 8.18. The predicted molar refractivity (Wildman–Crippen MR) is 102 cm³/mol. The summed E-state index contributed by atoms with van der Waals surface area (Å²) in [4.78, 5) is 34.5. The fourth-order valence-corrected chi connectivity index (χ4v) is 3.35. The van der Waals surface area contributed by atoms with E-state index in [0.29, 0.717) is 15.8 Å². The summed E-state index contributed by atoms with van der Waals surface area (Å²) < 4.78 is 0. The van der Waals surface area contributed by atoms with E-state index in [9.17, 15) is 14.7 Å². The molecule has 2 aromatic rings. The van der Waals surface area contributed by atoms with Crippen molar-refractivity contribution in [3.8, 4) is 0 Å². The molecule has 0 spiro atoms. The highest BCUT2D eigenvalue weighted by atomic mass is 32.2. The fourth-order valence-electron chi connectivity index (χ4n) is 2.35. The van der Waals surface area contributed by atoms with Gasteiger partial charge in [-0.15, -0.1) is 6.58 Å². The van der Waals surface area contributed by atoms with Gasteiger partial charge in [-0.25, -0.2) is 9.79 Å². The van der Waals surface area contributed by atoms with Crippen LogP contribution in [0.1, 0.15) is 15.9 Å². The van der Waals surface area contributed by atoms with Crippen LogP contribution in [0.5, 0.6) is 0 Å². The number of benzene rings is 1. The van der Waals surface area contributed by atoms with Gasteiger partial charge in [0.15, 0.2) is 5.17 Å². The van der Waals surface area contributed by atoms with Crippen LogP contribution in [0.15, 0.2) is 71.3 Å². The van der Waals surface area contributed by atoms with E-state index in [1.165, 1.54) is 22.7 Å². The maximum absolute atomic E-state index is 12.7. The van der Waals surface area contributed by atoms with Crippen molar-refractivity contribution in [1.29, 1.82) is 0 Å². The summed E-state index contributed by atoms with van der Waals surface area (Å²) in [5.41, 5.74) is 1.18. The van der Waals surface area contributed by atoms with Gasteiger partial charge in [-0.05, 0) is 41.6 Å². The van der Waals surface area contributed by atoms with Crippen LogP contribution in [0.2, 0.25) is 0 Å². The van der Waals surface area contributed by atoms with Gasteiger partial charge in [0.05, 0.1) is 16.2 Å². The third-order valence-electron chi connectivity index (χ3n) is 3.53. The molecule has 1 aliphatic heterocycles. The first kappa shape index (κ1) is 17.6. The number of aromatic carboxylic acids is 1. The van der Waals surface area contributed by atoms with Crippen LogP contribution >= 0.6 is 11.8 Å². The Hall–Kier alpha value is -3.19. The van der Waals surface area contributed by atoms with E-state index < -0.39 is 5.97 Å². The first-order valence-corrected chi connectivity index (χ1v) is 8.55. The third-order valence-corrected chi connectivity index (χ3v) is 4.54. The van der Waals surface area contributed by atoms with Crippen molar-refractivity contribution in [3.63, 3.8) is 0 Å². The van der Waals surface area contributed by atoms with E-state index in [1.54, 1.807) is 48.8 Å². The number of amidine groups is 1. The SMILES string of the molecule is C=CCN1C(=O)/C(=C/c2cccnc2)SC1=Nc1ccccc1C(=O)O. The van der Waals surface area contributed by atoms with E-state index in [2.05, 4.69) is 16.6 Å². The number of pyridine rings is 1. The molecule has 1 amide bonds. The van der Waals surface area contributed by atoms with Gasteiger partial charge in [0.25, 0.3) is 5.91 Å². The highest BCUT2D eigenvalue weighted by Gasteiger charge is 2.32. The van der Waals surface area contributed by atoms with Crippen LogP contribution in [0.4, 0.5) is 5.69 Å². The number of carbonyl (C=O) groups excluding carboxylic acids is 1. The van der Waals surface area contributed by atoms with Crippen LogP contribution in [0.3, 0.4) is 0 Å². The predicted octanol–water partition coefficient (Wildman–Crippen LogP) is 3.57. The molecule has 0 bridgehead atoms. The molecular formula is C19H15N3O3S. The summed E-state index contributed by atoms with van der Waals surface area (Å²) in [5.74, 6) is -1.27. The summed E-state index contributed by atoms with van der Waals surface area (Å²) in [7, 11) is 0. The zero-order valence-electron chi connectivity index (χ0n) is 13.7. The zero-order chi connectivity index (χ0) is 18.5. The number of aromatic nitrogens is 1. The van der Waals surface area contributed by atoms with Crippen molar-refractivity contribution in [2.45, 2.75) is 0 Å². The maximum Gasteiger partial charge on any atom is 0.337 e. The molecule has 130 valence electrons. The molecule has 6 nitrogen and oxygen atoms in total. The number of aliphatic imine (C=N–C) groups is 1. The van der Waals surface area contributed by atoms with Crippen molar-refractivity contribution >= 4 is 40.6 Å². The standard InChI is InChI=1S/C19H15N3O3S/c1-2-10-22-17(23)16(11-13-6-5-9-20-12-13)26-19(22)21-15-8-4-3-7-14(15)18(24)25/h2-9,11-12H,1,10H2,(H,24,25)/b16-11-,21-19?. The summed E-state index contributed by atoms with van der Waals surface area (Å²) in [6, 6.07) is 10.1. The first-order chi connectivity index (χ1) is 12.6. The Kier molecular flexibility index (Phi) is 5.28. The molecule has 1 aliphatic rings. The van der Waals surface area contributed by atoms with Gasteiger partial charge in [-0.2, -0.15) is 0 Å². The molecular weight excluding hydrogens is 350 g/mol. The van der Waals surface area contributed by atoms with Gasteiger partial charge in [0, 0.05) is 18.9 Å². The lowest BCUT2D eigenvalue weighted by Gasteiger charge is -2.13. The molecule has 1 aromatic heterocycles. The largest absolute Gasteiger partial charge is 0.478 e. The Morgan fingerprint density at radius 3 is 2.81 bits per heavy atom. The Morgan fingerprint density at radius 1 is 1.31 bits per heavy atom. The zero-order valence-corrected chi connectivity index (χ0v) is 14.5. The number of hydrogen-bond donors (Lipinski definition) is 1. The van der Waals surface area contributed by atoms with E-state index >= 15 is 0 Å². The average Bonchev–Trinajstić information content (AvgIpc) is 2.92. The second kappa shape index (κ2) is 7.79. The summed E-state index contributed by atoms with van der Waals surface area (Å²) in [6.07, 6.45) is 6.66. The number of carboxylic acids is 1. The van der Waals surface area contributed by atoms with E-state index in [1.807, 2.05) is 6.07 Å². The number of hydrogen-bond acceptors (Lipinski definition) is 5. The monoisotopic (exact) mass is 365 g/mol. The number of nitrogens with zero attached hydrogens (tertiary/aromatic N) is 3. The summed E-state index contributed by atoms with van der Waals surface area (Å²) in [6.45, 7) is 3.96. The molecule has 1 N–H and O–H groups in total. The molecule has 0 radical (unpaired) electrons. The smallest absolute Gasteiger partial charge is 0.337 e. The lowest BCUT2D eigenvalue weighted by atomic mass is 10.2. The molecule has 0 unspecified atom stereocenters. The molecule has 1 fully saturated rings. The molecule has 0 aliphatic carbocycles. The van der Waals surface area contributed by atoms with Gasteiger partial charge in [-0.1, -0.05) is 24.3 Å². The number of carbonyl (C=O) groups is 2. The van der Waals surface area contributed by atoms with Crippen molar-refractivity contribution in [2.24, 2.45) is 4.99 Å². The van der Waals surface area contributed by atoms with Gasteiger partial charge in [0.1, 0.15) is 0 Å². The van der Waals surface area contributed by atoms with Crippen LogP contribution in [0, 0.1) is 0 Å². The quantitative estimate of drug-likeness (QED) is 0.647. The lowest BCUT2D eigenvalue weighted by Crippen LogP contribution is -2.29. The van der Waals surface area contributed by atoms with Crippen LogP contribution in [-0.2, 0) is 4.79 Å². The average molecular weight is 365 g/mol. The van der Waals surface area contributed by atoms with E-state index in [0.717, 1.165) is 5.56 Å². The fraction of sp³-hybridized carbons (Fsp3) is 0.0526. The second-order valence-electron chi connectivity index (χ2n) is 5.32. The van der Waals surface area contributed by atoms with E-state index in [4.69, 9.17) is 0 Å². The van der Waals surface area contributed by atoms with Gasteiger partial charge < -0.3 is 5.11 Å². The Bertz CT molecular complexity index is 923. The van der Waals surface area contributed by atoms with Gasteiger partial charge in [-0.3, -0.25) is 14.7 Å². The van der Waals surface area contributed by atoms with Crippen molar-refractivity contribution in [3.05, 3.63) is 77.5 Å². The molecule has 1 saturated heterocycles. The third kappa shape index (κ3) is 3.73. The molecule has 2 heterocycles. The number of amides is 1. The number of rotatable bonds is 5. The van der Waals surface area contributed by atoms with Crippen molar-refractivity contribution in [1.82, 2.24) is 9.88 Å². The summed E-state index contributed by atoms with van der Waals surface area (Å²) >= 11 is 1.20. The molecule has 26 heavy (non-hydrogen) atoms. The Morgan fingerprint density at radius 2 is 2.12 bits per heavy atom. The minimum atomic E-state index is -1.07. The van der Waals surface area contributed by atoms with Crippen LogP contribution in [-0.4, -0.2) is 38.6 Å². The molecule has 3 rings (SSSR count). The first-order valence-electron chi connectivity index (χ1n) is 7.73. The molecule has 1 aromatic carbocycles. The maximum atomic E-state index is 12.7. The minimum Gasteiger partial charge on any atom is -0.478 e. The van der Waals surface area contributed by atoms with Crippen LogP contribution in [0.25, 0.3) is 6.08 Å². The second-order valence-corrected chi connectivity index (χ2v) is 6.33. The number of carboxylic acid groups (broad SMARTS) is 1. The van der Waals surface area contributed by atoms with Gasteiger partial charge in [0.2, 0.25) is 0 Å². The van der Waals surface area contributed by atoms with E-state index in [-0.39, 0.29) is 18.0 Å². The topological polar surface area (TPSA) is 82.9 Å². The normalized spacial score (nSPS) is 17.1. The minimum absolute atomic E-state index is 0.0799. The number of thioether (sulfide) groups is 1. The van der Waals surface area contributed by atoms with Crippen LogP contribution < -0.4 is 0 Å². The molecule has 7 heteroatoms. The summed E-state index contributed by atoms with van der Waals surface area (Å²) in [5, 5.41) is 9.73. The lowest BCUT2D eigenvalue weighted by molar-refractivity contribution is -0.121. The molecule has 0 atom stereocenters. The van der Waals surface area contributed by atoms with Crippen molar-refractivity contribution < 1.29 is 14.7 Å². The van der Waals surface area contributed by atoms with Gasteiger partial charge >= 0.3 is 5.97 Å². The molecule has 0 saturated carbocycles. The Labute approximate surface area is 154 Å².